The molecule has 0 aliphatic carbocycles. The number of ether oxygens (including phenoxy) is 1. The zero-order valence-electron chi connectivity index (χ0n) is 12.1. The summed E-state index contributed by atoms with van der Waals surface area (Å²) >= 11 is 0. The predicted molar refractivity (Wildman–Crippen MR) is 81.2 cm³/mol. The number of nitrogens with two attached hydrogens (primary N) is 2. The highest BCUT2D eigenvalue weighted by molar-refractivity contribution is 7.89. The Bertz CT molecular complexity index is 599. The average Bonchev–Trinajstić information content (AvgIpc) is 2.27. The smallest absolute Gasteiger partial charge is 0.219 e. The Morgan fingerprint density at radius 1 is 1.33 bits per heavy atom. The fourth-order valence-electron chi connectivity index (χ4n) is 1.82. The maximum absolute atomic E-state index is 11.9. The number of primary amides is 1. The first-order valence-corrected chi connectivity index (χ1v) is 8.04. The van der Waals surface area contributed by atoms with Crippen LogP contribution in [0.15, 0.2) is 24.3 Å². The number of para-hydroxylation sites is 2. The van der Waals surface area contributed by atoms with E-state index in [1.807, 2.05) is 0 Å². The Hall–Kier alpha value is -1.80. The number of amides is 1. The van der Waals surface area contributed by atoms with E-state index < -0.39 is 21.5 Å². The second kappa shape index (κ2) is 6.77. The summed E-state index contributed by atoms with van der Waals surface area (Å²) < 4.78 is 31.6. The van der Waals surface area contributed by atoms with Crippen LogP contribution in [0.5, 0.6) is 5.75 Å². The zero-order valence-corrected chi connectivity index (χ0v) is 12.9. The van der Waals surface area contributed by atoms with Crippen molar-refractivity contribution < 1.29 is 17.9 Å². The lowest BCUT2D eigenvalue weighted by Crippen LogP contribution is -2.47. The van der Waals surface area contributed by atoms with Crippen LogP contribution in [0.1, 0.15) is 20.3 Å². The SMILES string of the molecule is CC(C)(CC(N)=O)NS(=O)(=O)CCOc1ccccc1N. The molecule has 1 rings (SSSR count). The molecule has 0 radical (unpaired) electrons. The molecule has 8 heteroatoms. The molecular weight excluding hydrogens is 294 g/mol. The van der Waals surface area contributed by atoms with Gasteiger partial charge in [0.15, 0.2) is 0 Å². The molecule has 0 saturated carbocycles. The van der Waals surface area contributed by atoms with E-state index in [1.54, 1.807) is 38.1 Å². The van der Waals surface area contributed by atoms with Gasteiger partial charge in [0.1, 0.15) is 12.4 Å². The van der Waals surface area contributed by atoms with E-state index in [0.717, 1.165) is 0 Å². The first-order valence-electron chi connectivity index (χ1n) is 6.38. The van der Waals surface area contributed by atoms with E-state index in [-0.39, 0.29) is 18.8 Å². The molecule has 0 aliphatic rings. The third-order valence-electron chi connectivity index (χ3n) is 2.58. The highest BCUT2D eigenvalue weighted by Crippen LogP contribution is 2.19. The third kappa shape index (κ3) is 6.46. The van der Waals surface area contributed by atoms with Gasteiger partial charge in [0.2, 0.25) is 15.9 Å². The van der Waals surface area contributed by atoms with Crippen LogP contribution in [0.3, 0.4) is 0 Å². The van der Waals surface area contributed by atoms with Crippen LogP contribution in [0.25, 0.3) is 0 Å². The lowest BCUT2D eigenvalue weighted by Gasteiger charge is -2.24. The maximum Gasteiger partial charge on any atom is 0.219 e. The van der Waals surface area contributed by atoms with Gasteiger partial charge in [-0.1, -0.05) is 12.1 Å². The normalized spacial score (nSPS) is 12.1. The Labute approximate surface area is 124 Å². The monoisotopic (exact) mass is 315 g/mol. The summed E-state index contributed by atoms with van der Waals surface area (Å²) in [5.74, 6) is -0.385. The summed E-state index contributed by atoms with van der Waals surface area (Å²) in [5.41, 5.74) is 10.3. The van der Waals surface area contributed by atoms with Crippen molar-refractivity contribution in [3.05, 3.63) is 24.3 Å². The molecule has 0 heterocycles. The van der Waals surface area contributed by atoms with E-state index in [1.165, 1.54) is 0 Å². The minimum Gasteiger partial charge on any atom is -0.490 e. The number of nitrogen functional groups attached to an aromatic ring is 1. The van der Waals surface area contributed by atoms with Gasteiger partial charge in [-0.25, -0.2) is 13.1 Å². The van der Waals surface area contributed by atoms with E-state index in [2.05, 4.69) is 4.72 Å². The lowest BCUT2D eigenvalue weighted by molar-refractivity contribution is -0.119. The molecule has 0 spiro atoms. The van der Waals surface area contributed by atoms with Gasteiger partial charge in [0.25, 0.3) is 0 Å². The molecule has 5 N–H and O–H groups in total. The van der Waals surface area contributed by atoms with Crippen LogP contribution in [-0.4, -0.2) is 32.2 Å². The summed E-state index contributed by atoms with van der Waals surface area (Å²) in [6.45, 7) is 3.13. The van der Waals surface area contributed by atoms with Gasteiger partial charge in [0.05, 0.1) is 11.4 Å². The maximum atomic E-state index is 11.9. The molecule has 0 aromatic heterocycles. The number of carbonyl (C=O) groups excluding carboxylic acids is 1. The van der Waals surface area contributed by atoms with Crippen LogP contribution < -0.4 is 20.9 Å². The molecule has 0 fully saturated rings. The number of nitrogens with one attached hydrogen (secondary N) is 1. The van der Waals surface area contributed by atoms with E-state index >= 15 is 0 Å². The number of sulfonamides is 1. The second-order valence-electron chi connectivity index (χ2n) is 5.33. The Morgan fingerprint density at radius 2 is 1.95 bits per heavy atom. The van der Waals surface area contributed by atoms with Crippen molar-refractivity contribution in [3.8, 4) is 5.75 Å². The van der Waals surface area contributed by atoms with Crippen molar-refractivity contribution in [2.75, 3.05) is 18.1 Å². The van der Waals surface area contributed by atoms with Gasteiger partial charge in [-0.15, -0.1) is 0 Å². The van der Waals surface area contributed by atoms with Crippen LogP contribution in [0, 0.1) is 0 Å². The van der Waals surface area contributed by atoms with Gasteiger partial charge in [-0.2, -0.15) is 0 Å². The fraction of sp³-hybridized carbons (Fsp3) is 0.462. The van der Waals surface area contributed by atoms with Crippen molar-refractivity contribution in [1.82, 2.24) is 4.72 Å². The Balaban J connectivity index is 2.54. The molecule has 1 amide bonds. The van der Waals surface area contributed by atoms with Gasteiger partial charge in [0, 0.05) is 12.0 Å². The minimum absolute atomic E-state index is 0.0454. The highest BCUT2D eigenvalue weighted by atomic mass is 32.2. The standard InChI is InChI=1S/C13H21N3O4S/c1-13(2,9-12(15)17)16-21(18,19)8-7-20-11-6-4-3-5-10(11)14/h3-6,16H,7-9,14H2,1-2H3,(H2,15,17). The molecule has 0 bridgehead atoms. The minimum atomic E-state index is -3.59. The van der Waals surface area contributed by atoms with E-state index in [0.29, 0.717) is 11.4 Å². The van der Waals surface area contributed by atoms with Gasteiger partial charge >= 0.3 is 0 Å². The van der Waals surface area contributed by atoms with Crippen molar-refractivity contribution >= 4 is 21.6 Å². The summed E-state index contributed by atoms with van der Waals surface area (Å²) in [6.07, 6.45) is -0.0846. The van der Waals surface area contributed by atoms with Crippen molar-refractivity contribution in [2.24, 2.45) is 5.73 Å². The molecular formula is C13H21N3O4S. The molecule has 1 aromatic rings. The molecule has 0 aliphatic heterocycles. The molecule has 0 atom stereocenters. The summed E-state index contributed by atoms with van der Waals surface area (Å²) in [5, 5.41) is 0. The highest BCUT2D eigenvalue weighted by Gasteiger charge is 2.26. The van der Waals surface area contributed by atoms with Crippen LogP contribution in [-0.2, 0) is 14.8 Å². The van der Waals surface area contributed by atoms with Gasteiger partial charge in [-0.3, -0.25) is 4.79 Å². The van der Waals surface area contributed by atoms with Gasteiger partial charge < -0.3 is 16.2 Å². The van der Waals surface area contributed by atoms with Crippen molar-refractivity contribution in [3.63, 3.8) is 0 Å². The van der Waals surface area contributed by atoms with Crippen LogP contribution >= 0.6 is 0 Å². The van der Waals surface area contributed by atoms with Crippen LogP contribution in [0.4, 0.5) is 5.69 Å². The zero-order chi connectivity index (χ0) is 16.1. The van der Waals surface area contributed by atoms with E-state index in [9.17, 15) is 13.2 Å². The molecule has 7 nitrogen and oxygen atoms in total. The van der Waals surface area contributed by atoms with Crippen molar-refractivity contribution in [2.45, 2.75) is 25.8 Å². The third-order valence-corrected chi connectivity index (χ3v) is 4.14. The second-order valence-corrected chi connectivity index (χ2v) is 7.18. The largest absolute Gasteiger partial charge is 0.490 e. The molecule has 0 saturated heterocycles. The van der Waals surface area contributed by atoms with Gasteiger partial charge in [-0.05, 0) is 26.0 Å². The first kappa shape index (κ1) is 17.3. The molecule has 118 valence electrons. The summed E-state index contributed by atoms with van der Waals surface area (Å²) in [7, 11) is -3.59. The predicted octanol–water partition coefficient (Wildman–Crippen LogP) is 0.221. The molecule has 21 heavy (non-hydrogen) atoms. The number of carbonyl (C=O) groups is 1. The van der Waals surface area contributed by atoms with E-state index in [4.69, 9.17) is 16.2 Å². The number of benzene rings is 1. The quantitative estimate of drug-likeness (QED) is 0.592. The number of anilines is 1. The summed E-state index contributed by atoms with van der Waals surface area (Å²) in [4.78, 5) is 10.9. The topological polar surface area (TPSA) is 125 Å². The lowest BCUT2D eigenvalue weighted by atomic mass is 10.0. The molecule has 1 aromatic carbocycles. The Morgan fingerprint density at radius 3 is 2.52 bits per heavy atom. The molecule has 0 unspecified atom stereocenters. The number of rotatable bonds is 8. The summed E-state index contributed by atoms with van der Waals surface area (Å²) in [6, 6.07) is 6.83. The van der Waals surface area contributed by atoms with Crippen LogP contribution in [0.2, 0.25) is 0 Å². The average molecular weight is 315 g/mol. The van der Waals surface area contributed by atoms with Crippen molar-refractivity contribution in [1.29, 1.82) is 0 Å². The number of hydrogen-bond acceptors (Lipinski definition) is 5. The fourth-order valence-corrected chi connectivity index (χ4v) is 3.14. The Kier molecular flexibility index (Phi) is 5.56. The first-order chi connectivity index (χ1) is 9.61. The number of hydrogen-bond donors (Lipinski definition) is 3.